The van der Waals surface area contributed by atoms with E-state index in [9.17, 15) is 4.79 Å². The van der Waals surface area contributed by atoms with Crippen LogP contribution >= 0.6 is 28.6 Å². The second-order valence-electron chi connectivity index (χ2n) is 4.72. The van der Waals surface area contributed by atoms with Crippen molar-refractivity contribution in [2.75, 3.05) is 6.54 Å². The Morgan fingerprint density at radius 1 is 1.50 bits per heavy atom. The molecule has 2 rings (SSSR count). The lowest BCUT2D eigenvalue weighted by molar-refractivity contribution is 0.0604. The molecular weight excluding hydrogens is 310 g/mol. The minimum absolute atomic E-state index is 0.124. The molecule has 1 amide bonds. The van der Waals surface area contributed by atoms with Crippen molar-refractivity contribution in [2.24, 2.45) is 0 Å². The highest BCUT2D eigenvalue weighted by atomic mass is 79.9. The van der Waals surface area contributed by atoms with Crippen molar-refractivity contribution in [2.45, 2.75) is 43.5 Å². The summed E-state index contributed by atoms with van der Waals surface area (Å²) in [5.74, 6) is 0.124. The Balaban J connectivity index is 2.24. The number of thiol groups is 1. The lowest BCUT2D eigenvalue weighted by Gasteiger charge is -2.35. The molecule has 0 aliphatic carbocycles. The fourth-order valence-electron chi connectivity index (χ4n) is 2.53. The fourth-order valence-corrected chi connectivity index (χ4v) is 3.38. The molecule has 1 aliphatic rings. The van der Waals surface area contributed by atoms with Crippen molar-refractivity contribution in [3.63, 3.8) is 0 Å². The van der Waals surface area contributed by atoms with Crippen LogP contribution in [0.1, 0.15) is 43.0 Å². The molecule has 1 saturated heterocycles. The van der Waals surface area contributed by atoms with Crippen molar-refractivity contribution >= 4 is 34.5 Å². The van der Waals surface area contributed by atoms with Gasteiger partial charge in [-0.2, -0.15) is 0 Å². The minimum Gasteiger partial charge on any atom is -0.336 e. The Labute approximate surface area is 122 Å². The lowest BCUT2D eigenvalue weighted by atomic mass is 9.99. The summed E-state index contributed by atoms with van der Waals surface area (Å²) in [7, 11) is 0. The van der Waals surface area contributed by atoms with Crippen LogP contribution in [0.2, 0.25) is 0 Å². The molecule has 0 saturated carbocycles. The molecule has 0 N–H and O–H groups in total. The molecule has 18 heavy (non-hydrogen) atoms. The van der Waals surface area contributed by atoms with Gasteiger partial charge in [0.15, 0.2) is 0 Å². The van der Waals surface area contributed by atoms with E-state index in [-0.39, 0.29) is 5.91 Å². The smallest absolute Gasteiger partial charge is 0.255 e. The quantitative estimate of drug-likeness (QED) is 0.809. The number of nitrogens with zero attached hydrogens (tertiary/aromatic N) is 1. The number of carbonyl (C=O) groups excluding carboxylic acids is 1. The third-order valence-electron chi connectivity index (χ3n) is 3.55. The molecule has 1 fully saturated rings. The van der Waals surface area contributed by atoms with Gasteiger partial charge in [-0.3, -0.25) is 4.79 Å². The predicted molar refractivity (Wildman–Crippen MR) is 80.4 cm³/mol. The Hall–Kier alpha value is -0.480. The van der Waals surface area contributed by atoms with E-state index in [4.69, 9.17) is 0 Å². The highest BCUT2D eigenvalue weighted by Gasteiger charge is 2.26. The van der Waals surface area contributed by atoms with Crippen molar-refractivity contribution in [1.82, 2.24) is 4.90 Å². The molecule has 0 aromatic heterocycles. The number of hydrogen-bond acceptors (Lipinski definition) is 2. The molecule has 1 aliphatic heterocycles. The van der Waals surface area contributed by atoms with E-state index in [1.54, 1.807) is 0 Å². The molecule has 4 heteroatoms. The molecule has 0 bridgehead atoms. The summed E-state index contributed by atoms with van der Waals surface area (Å²) in [6.07, 6.45) is 4.50. The number of hydrogen-bond donors (Lipinski definition) is 1. The van der Waals surface area contributed by atoms with Gasteiger partial charge in [0, 0.05) is 22.0 Å². The van der Waals surface area contributed by atoms with E-state index in [2.05, 4.69) is 35.5 Å². The molecule has 1 aromatic carbocycles. The Morgan fingerprint density at radius 3 is 2.94 bits per heavy atom. The zero-order chi connectivity index (χ0) is 13.1. The topological polar surface area (TPSA) is 20.3 Å². The number of benzene rings is 1. The zero-order valence-corrected chi connectivity index (χ0v) is 13.0. The second kappa shape index (κ2) is 6.11. The molecule has 98 valence electrons. The van der Waals surface area contributed by atoms with Crippen LogP contribution in [0, 0.1) is 0 Å². The van der Waals surface area contributed by atoms with E-state index in [0.717, 1.165) is 35.2 Å². The van der Waals surface area contributed by atoms with Crippen LogP contribution < -0.4 is 0 Å². The normalized spacial score (nSPS) is 19.9. The summed E-state index contributed by atoms with van der Waals surface area (Å²) in [5.41, 5.74) is 0.710. The summed E-state index contributed by atoms with van der Waals surface area (Å²) < 4.78 is 0.953. The zero-order valence-electron chi connectivity index (χ0n) is 10.5. The standard InChI is InChI=1S/C14H18BrNOS/c1-2-11-5-3-4-8-16(11)14(17)12-7-6-10(15)9-13(12)18/h6-7,9,11,18H,2-5,8H2,1H3. The van der Waals surface area contributed by atoms with Crippen LogP contribution in [-0.2, 0) is 0 Å². The second-order valence-corrected chi connectivity index (χ2v) is 6.12. The van der Waals surface area contributed by atoms with Crippen molar-refractivity contribution < 1.29 is 4.79 Å². The van der Waals surface area contributed by atoms with Gasteiger partial charge in [-0.1, -0.05) is 22.9 Å². The molecule has 2 nitrogen and oxygen atoms in total. The van der Waals surface area contributed by atoms with E-state index in [1.165, 1.54) is 6.42 Å². The van der Waals surface area contributed by atoms with Crippen molar-refractivity contribution in [3.8, 4) is 0 Å². The van der Waals surface area contributed by atoms with Gasteiger partial charge in [0.2, 0.25) is 0 Å². The van der Waals surface area contributed by atoms with E-state index < -0.39 is 0 Å². The third-order valence-corrected chi connectivity index (χ3v) is 4.41. The highest BCUT2D eigenvalue weighted by Crippen LogP contribution is 2.25. The minimum atomic E-state index is 0.124. The van der Waals surface area contributed by atoms with Crippen LogP contribution in [0.25, 0.3) is 0 Å². The van der Waals surface area contributed by atoms with Crippen molar-refractivity contribution in [3.05, 3.63) is 28.2 Å². The number of carbonyl (C=O) groups is 1. The van der Waals surface area contributed by atoms with Gasteiger partial charge in [0.1, 0.15) is 0 Å². The number of likely N-dealkylation sites (tertiary alicyclic amines) is 1. The molecule has 1 aromatic rings. The van der Waals surface area contributed by atoms with Gasteiger partial charge in [-0.05, 0) is 43.9 Å². The monoisotopic (exact) mass is 327 g/mol. The average molecular weight is 328 g/mol. The Bertz CT molecular complexity index is 449. The molecular formula is C14H18BrNOS. The van der Waals surface area contributed by atoms with Crippen LogP contribution in [0.5, 0.6) is 0 Å². The first-order chi connectivity index (χ1) is 8.63. The van der Waals surface area contributed by atoms with Crippen LogP contribution in [0.3, 0.4) is 0 Å². The Morgan fingerprint density at radius 2 is 2.28 bits per heavy atom. The lowest BCUT2D eigenvalue weighted by Crippen LogP contribution is -2.43. The van der Waals surface area contributed by atoms with Gasteiger partial charge >= 0.3 is 0 Å². The maximum atomic E-state index is 12.6. The largest absolute Gasteiger partial charge is 0.336 e. The van der Waals surface area contributed by atoms with Gasteiger partial charge in [-0.25, -0.2) is 0 Å². The number of piperidine rings is 1. The molecule has 0 spiro atoms. The highest BCUT2D eigenvalue weighted by molar-refractivity contribution is 9.10. The maximum absolute atomic E-state index is 12.6. The number of halogens is 1. The van der Waals surface area contributed by atoms with Crippen LogP contribution in [-0.4, -0.2) is 23.4 Å². The summed E-state index contributed by atoms with van der Waals surface area (Å²) in [5, 5.41) is 0. The first-order valence-corrected chi connectivity index (χ1v) is 7.67. The molecule has 0 radical (unpaired) electrons. The first-order valence-electron chi connectivity index (χ1n) is 6.43. The van der Waals surface area contributed by atoms with Gasteiger partial charge in [-0.15, -0.1) is 12.6 Å². The fraction of sp³-hybridized carbons (Fsp3) is 0.500. The summed E-state index contributed by atoms with van der Waals surface area (Å²) in [6.45, 7) is 3.03. The van der Waals surface area contributed by atoms with Crippen LogP contribution in [0.4, 0.5) is 0 Å². The predicted octanol–water partition coefficient (Wildman–Crippen LogP) is 4.14. The van der Waals surface area contributed by atoms with Crippen LogP contribution in [0.15, 0.2) is 27.6 Å². The van der Waals surface area contributed by atoms with Gasteiger partial charge in [0.05, 0.1) is 5.56 Å². The van der Waals surface area contributed by atoms with E-state index in [0.29, 0.717) is 11.6 Å². The third kappa shape index (κ3) is 2.91. The molecule has 1 unspecified atom stereocenters. The van der Waals surface area contributed by atoms with Crippen molar-refractivity contribution in [1.29, 1.82) is 0 Å². The SMILES string of the molecule is CCC1CCCCN1C(=O)c1ccc(Br)cc1S. The number of rotatable bonds is 2. The van der Waals surface area contributed by atoms with Gasteiger partial charge < -0.3 is 4.90 Å². The van der Waals surface area contributed by atoms with E-state index >= 15 is 0 Å². The summed E-state index contributed by atoms with van der Waals surface area (Å²) in [6, 6.07) is 6.03. The maximum Gasteiger partial charge on any atom is 0.255 e. The van der Waals surface area contributed by atoms with Gasteiger partial charge in [0.25, 0.3) is 5.91 Å². The summed E-state index contributed by atoms with van der Waals surface area (Å²) in [4.78, 5) is 15.3. The molecule has 1 heterocycles. The average Bonchev–Trinajstić information content (AvgIpc) is 2.38. The first kappa shape index (κ1) is 13.9. The van der Waals surface area contributed by atoms with E-state index in [1.807, 2.05) is 23.1 Å². The number of amides is 1. The molecule has 1 atom stereocenters. The summed E-state index contributed by atoms with van der Waals surface area (Å²) >= 11 is 7.80. The Kier molecular flexibility index (Phi) is 4.73.